The van der Waals surface area contributed by atoms with E-state index in [-0.39, 0.29) is 17.4 Å². The summed E-state index contributed by atoms with van der Waals surface area (Å²) < 4.78 is 1.90. The first-order valence-electron chi connectivity index (χ1n) is 8.52. The van der Waals surface area contributed by atoms with Crippen LogP contribution in [0, 0.1) is 12.8 Å². The Morgan fingerprint density at radius 3 is 2.96 bits per heavy atom. The molecule has 2 bridgehead atoms. The third-order valence-electron chi connectivity index (χ3n) is 5.10. The van der Waals surface area contributed by atoms with Crippen LogP contribution >= 0.6 is 11.3 Å². The van der Waals surface area contributed by atoms with Crippen molar-refractivity contribution >= 4 is 17.2 Å². The number of fused-ring (bicyclic) bond motifs is 4. The Hall–Kier alpha value is -1.95. The summed E-state index contributed by atoms with van der Waals surface area (Å²) in [5.41, 5.74) is 2.07. The molecule has 1 amide bonds. The number of rotatable bonds is 2. The van der Waals surface area contributed by atoms with Crippen molar-refractivity contribution in [2.45, 2.75) is 39.2 Å². The molecule has 0 aromatic carbocycles. The lowest BCUT2D eigenvalue weighted by Gasteiger charge is -2.42. The molecule has 126 valence electrons. The van der Waals surface area contributed by atoms with E-state index in [1.54, 1.807) is 6.07 Å². The van der Waals surface area contributed by atoms with E-state index in [0.717, 1.165) is 47.2 Å². The third kappa shape index (κ3) is 2.49. The lowest BCUT2D eigenvalue weighted by molar-refractivity contribution is 0.0598. The minimum atomic E-state index is 0.0772. The van der Waals surface area contributed by atoms with Crippen molar-refractivity contribution in [3.05, 3.63) is 49.8 Å². The molecule has 0 aliphatic carbocycles. The van der Waals surface area contributed by atoms with Gasteiger partial charge >= 0.3 is 0 Å². The Morgan fingerprint density at radius 2 is 2.17 bits per heavy atom. The lowest BCUT2D eigenvalue weighted by Crippen LogP contribution is -2.49. The Balaban J connectivity index is 1.64. The van der Waals surface area contributed by atoms with Gasteiger partial charge in [-0.2, -0.15) is 0 Å². The van der Waals surface area contributed by atoms with Gasteiger partial charge in [0.1, 0.15) is 4.88 Å². The summed E-state index contributed by atoms with van der Waals surface area (Å²) in [6, 6.07) is 5.49. The van der Waals surface area contributed by atoms with Gasteiger partial charge in [0.15, 0.2) is 0 Å². The number of likely N-dealkylation sites (tertiary alicyclic amines) is 1. The highest BCUT2D eigenvalue weighted by atomic mass is 32.1. The number of amides is 1. The summed E-state index contributed by atoms with van der Waals surface area (Å²) in [6.45, 7) is 6.14. The number of thiazole rings is 1. The quantitative estimate of drug-likeness (QED) is 0.841. The van der Waals surface area contributed by atoms with Gasteiger partial charge in [0, 0.05) is 37.3 Å². The molecule has 5 nitrogen and oxygen atoms in total. The SMILES string of the molecule is CCc1nc(C)sc1C(=O)N1C[C@H]2C[C@@H](C1)c1cccc(=O)n1C2. The zero-order valence-corrected chi connectivity index (χ0v) is 14.8. The van der Waals surface area contributed by atoms with E-state index in [1.165, 1.54) is 11.3 Å². The van der Waals surface area contributed by atoms with E-state index in [4.69, 9.17) is 0 Å². The number of carbonyl (C=O) groups excluding carboxylic acids is 1. The molecule has 0 N–H and O–H groups in total. The van der Waals surface area contributed by atoms with E-state index >= 15 is 0 Å². The Labute approximate surface area is 144 Å². The second-order valence-corrected chi connectivity index (χ2v) is 7.97. The van der Waals surface area contributed by atoms with Crippen LogP contribution in [0.3, 0.4) is 0 Å². The van der Waals surface area contributed by atoms with Crippen molar-refractivity contribution in [3.8, 4) is 0 Å². The largest absolute Gasteiger partial charge is 0.337 e. The number of pyridine rings is 1. The fraction of sp³-hybridized carbons (Fsp3) is 0.500. The summed E-state index contributed by atoms with van der Waals surface area (Å²) in [4.78, 5) is 32.4. The zero-order valence-electron chi connectivity index (χ0n) is 14.0. The number of aromatic nitrogens is 2. The first kappa shape index (κ1) is 15.6. The van der Waals surface area contributed by atoms with Gasteiger partial charge < -0.3 is 9.47 Å². The van der Waals surface area contributed by atoms with Crippen LogP contribution < -0.4 is 5.56 Å². The predicted molar refractivity (Wildman–Crippen MR) is 93.7 cm³/mol. The number of piperidine rings is 1. The van der Waals surface area contributed by atoms with E-state index in [2.05, 4.69) is 4.98 Å². The van der Waals surface area contributed by atoms with Gasteiger partial charge in [-0.05, 0) is 31.7 Å². The second kappa shape index (κ2) is 5.84. The van der Waals surface area contributed by atoms with Crippen molar-refractivity contribution < 1.29 is 4.79 Å². The standard InChI is InChI=1S/C18H21N3O2S/c1-3-14-17(24-11(2)19-14)18(23)20-8-12-7-13(10-20)15-5-4-6-16(22)21(15)9-12/h4-6,12-13H,3,7-10H2,1-2H3/t12-,13+/m1/s1. The smallest absolute Gasteiger partial charge is 0.265 e. The normalized spacial score (nSPS) is 22.3. The van der Waals surface area contributed by atoms with Gasteiger partial charge in [-0.25, -0.2) is 4.98 Å². The number of hydrogen-bond acceptors (Lipinski definition) is 4. The molecular formula is C18H21N3O2S. The van der Waals surface area contributed by atoms with Crippen LogP contribution in [0.15, 0.2) is 23.0 Å². The van der Waals surface area contributed by atoms with E-state index in [1.807, 2.05) is 35.4 Å². The monoisotopic (exact) mass is 343 g/mol. The van der Waals surface area contributed by atoms with Crippen LogP contribution in [0.1, 0.15) is 45.3 Å². The number of hydrogen-bond donors (Lipinski definition) is 0. The van der Waals surface area contributed by atoms with Crippen molar-refractivity contribution in [3.63, 3.8) is 0 Å². The van der Waals surface area contributed by atoms with Crippen LogP contribution in [-0.4, -0.2) is 33.4 Å². The summed E-state index contributed by atoms with van der Waals surface area (Å²) >= 11 is 1.50. The van der Waals surface area contributed by atoms with E-state index in [9.17, 15) is 9.59 Å². The molecule has 2 aromatic heterocycles. The molecule has 2 atom stereocenters. The van der Waals surface area contributed by atoms with Crippen LogP contribution in [0.25, 0.3) is 0 Å². The summed E-state index contributed by atoms with van der Waals surface area (Å²) in [6.07, 6.45) is 1.85. The summed E-state index contributed by atoms with van der Waals surface area (Å²) in [5, 5.41) is 0.948. The van der Waals surface area contributed by atoms with Gasteiger partial charge in [0.25, 0.3) is 11.5 Å². The van der Waals surface area contributed by atoms with Gasteiger partial charge in [0.2, 0.25) is 0 Å². The molecule has 1 saturated heterocycles. The number of carbonyl (C=O) groups is 1. The van der Waals surface area contributed by atoms with Crippen LogP contribution in [-0.2, 0) is 13.0 Å². The molecule has 0 saturated carbocycles. The molecule has 24 heavy (non-hydrogen) atoms. The molecule has 2 aliphatic heterocycles. The molecular weight excluding hydrogens is 322 g/mol. The first-order chi connectivity index (χ1) is 11.6. The van der Waals surface area contributed by atoms with Crippen LogP contribution in [0.2, 0.25) is 0 Å². The topological polar surface area (TPSA) is 55.2 Å². The summed E-state index contributed by atoms with van der Waals surface area (Å²) in [5.74, 6) is 0.729. The minimum absolute atomic E-state index is 0.0772. The van der Waals surface area contributed by atoms with Crippen LogP contribution in [0.5, 0.6) is 0 Å². The average Bonchev–Trinajstić information content (AvgIpc) is 2.96. The molecule has 6 heteroatoms. The Kier molecular flexibility index (Phi) is 3.79. The van der Waals surface area contributed by atoms with Gasteiger partial charge in [-0.1, -0.05) is 13.0 Å². The van der Waals surface area contributed by atoms with Crippen molar-refractivity contribution in [2.24, 2.45) is 5.92 Å². The molecule has 1 fully saturated rings. The average molecular weight is 343 g/mol. The molecule has 4 heterocycles. The fourth-order valence-electron chi connectivity index (χ4n) is 4.08. The Bertz CT molecular complexity index is 854. The maximum atomic E-state index is 13.0. The van der Waals surface area contributed by atoms with E-state index in [0.29, 0.717) is 12.5 Å². The maximum absolute atomic E-state index is 13.0. The van der Waals surface area contributed by atoms with Gasteiger partial charge in [-0.3, -0.25) is 9.59 Å². The molecule has 4 rings (SSSR count). The Morgan fingerprint density at radius 1 is 1.33 bits per heavy atom. The summed E-state index contributed by atoms with van der Waals surface area (Å²) in [7, 11) is 0. The van der Waals surface area contributed by atoms with Crippen molar-refractivity contribution in [1.29, 1.82) is 0 Å². The minimum Gasteiger partial charge on any atom is -0.337 e. The molecule has 0 radical (unpaired) electrons. The highest BCUT2D eigenvalue weighted by Gasteiger charge is 2.37. The zero-order chi connectivity index (χ0) is 16.8. The highest BCUT2D eigenvalue weighted by molar-refractivity contribution is 7.13. The number of aryl methyl sites for hydroxylation is 2. The van der Waals surface area contributed by atoms with Crippen molar-refractivity contribution in [2.75, 3.05) is 13.1 Å². The van der Waals surface area contributed by atoms with Crippen LogP contribution in [0.4, 0.5) is 0 Å². The molecule has 0 unspecified atom stereocenters. The highest BCUT2D eigenvalue weighted by Crippen LogP contribution is 2.36. The maximum Gasteiger partial charge on any atom is 0.265 e. The fourth-order valence-corrected chi connectivity index (χ4v) is 5.06. The lowest BCUT2D eigenvalue weighted by atomic mass is 9.83. The molecule has 2 aromatic rings. The van der Waals surface area contributed by atoms with Gasteiger partial charge in [0.05, 0.1) is 10.7 Å². The first-order valence-corrected chi connectivity index (χ1v) is 9.33. The van der Waals surface area contributed by atoms with Crippen molar-refractivity contribution in [1.82, 2.24) is 14.5 Å². The predicted octanol–water partition coefficient (Wildman–Crippen LogP) is 2.44. The van der Waals surface area contributed by atoms with Gasteiger partial charge in [-0.15, -0.1) is 11.3 Å². The third-order valence-corrected chi connectivity index (χ3v) is 6.10. The second-order valence-electron chi connectivity index (χ2n) is 6.77. The number of nitrogens with zero attached hydrogens (tertiary/aromatic N) is 3. The molecule has 2 aliphatic rings. The molecule has 0 spiro atoms. The van der Waals surface area contributed by atoms with E-state index < -0.39 is 0 Å².